The van der Waals surface area contributed by atoms with Crippen LogP contribution in [0.25, 0.3) is 0 Å². The van der Waals surface area contributed by atoms with Crippen LogP contribution in [0.15, 0.2) is 23.0 Å². The molecule has 33 heavy (non-hydrogen) atoms. The maximum absolute atomic E-state index is 13.8. The molecule has 1 aromatic carbocycles. The summed E-state index contributed by atoms with van der Waals surface area (Å²) in [6.45, 7) is 7.67. The standard InChI is InChI=1S/C23H28F2N4O4/c1-12(2)19(28-22(31)20-21(30)27-14(4)13(3)26-20)23(32)29-9-7-16(8-10-29)33-18-6-5-15(24)11-17(18)25/h5-6,11-12,16,19H,7-10H2,1-4H3,(H,27,30)(H,28,31)/t19-/m0/s1. The van der Waals surface area contributed by atoms with Gasteiger partial charge in [-0.2, -0.15) is 0 Å². The Morgan fingerprint density at radius 2 is 1.88 bits per heavy atom. The molecule has 1 aromatic heterocycles. The molecule has 1 aliphatic heterocycles. The van der Waals surface area contributed by atoms with Gasteiger partial charge in [0.15, 0.2) is 17.3 Å². The fourth-order valence-corrected chi connectivity index (χ4v) is 3.64. The second-order valence-corrected chi connectivity index (χ2v) is 8.54. The van der Waals surface area contributed by atoms with Crippen LogP contribution in [-0.4, -0.2) is 51.9 Å². The van der Waals surface area contributed by atoms with E-state index in [4.69, 9.17) is 4.74 Å². The van der Waals surface area contributed by atoms with Crippen molar-refractivity contribution in [2.45, 2.75) is 52.7 Å². The van der Waals surface area contributed by atoms with Crippen molar-refractivity contribution in [2.75, 3.05) is 13.1 Å². The highest BCUT2D eigenvalue weighted by atomic mass is 19.1. The number of rotatable bonds is 6. The Bertz CT molecular complexity index is 1090. The van der Waals surface area contributed by atoms with Gasteiger partial charge in [0.2, 0.25) is 5.91 Å². The summed E-state index contributed by atoms with van der Waals surface area (Å²) < 4.78 is 32.6. The fourth-order valence-electron chi connectivity index (χ4n) is 3.64. The summed E-state index contributed by atoms with van der Waals surface area (Å²) in [5.41, 5.74) is 0.187. The number of carbonyl (C=O) groups is 2. The van der Waals surface area contributed by atoms with Crippen molar-refractivity contribution in [1.82, 2.24) is 20.2 Å². The van der Waals surface area contributed by atoms with Crippen molar-refractivity contribution in [3.8, 4) is 5.75 Å². The molecule has 2 aromatic rings. The van der Waals surface area contributed by atoms with E-state index in [-0.39, 0.29) is 29.4 Å². The van der Waals surface area contributed by atoms with Crippen molar-refractivity contribution >= 4 is 11.8 Å². The van der Waals surface area contributed by atoms with Gasteiger partial charge in [-0.3, -0.25) is 14.4 Å². The zero-order chi connectivity index (χ0) is 24.3. The molecule has 8 nitrogen and oxygen atoms in total. The average Bonchev–Trinajstić information content (AvgIpc) is 2.76. The number of benzene rings is 1. The lowest BCUT2D eigenvalue weighted by molar-refractivity contribution is -0.136. The molecule has 2 heterocycles. The molecule has 1 atom stereocenters. The first-order chi connectivity index (χ1) is 15.6. The Hall–Kier alpha value is -3.30. The third kappa shape index (κ3) is 5.74. The normalized spacial score (nSPS) is 15.4. The number of hydrogen-bond acceptors (Lipinski definition) is 5. The third-order valence-electron chi connectivity index (χ3n) is 5.71. The molecule has 0 bridgehead atoms. The van der Waals surface area contributed by atoms with E-state index in [9.17, 15) is 23.2 Å². The van der Waals surface area contributed by atoms with E-state index in [2.05, 4.69) is 15.3 Å². The topological polar surface area (TPSA) is 104 Å². The lowest BCUT2D eigenvalue weighted by Crippen LogP contribution is -2.54. The number of aryl methyl sites for hydroxylation is 2. The average molecular weight is 462 g/mol. The van der Waals surface area contributed by atoms with Gasteiger partial charge in [0.25, 0.3) is 11.5 Å². The van der Waals surface area contributed by atoms with Gasteiger partial charge >= 0.3 is 0 Å². The van der Waals surface area contributed by atoms with Crippen molar-refractivity contribution in [3.05, 3.63) is 57.3 Å². The lowest BCUT2D eigenvalue weighted by atomic mass is 10.00. The zero-order valence-electron chi connectivity index (χ0n) is 19.1. The molecule has 1 aliphatic rings. The largest absolute Gasteiger partial charge is 0.487 e. The number of nitrogens with one attached hydrogen (secondary N) is 2. The SMILES string of the molecule is Cc1nc(C(=O)N[C@H](C(=O)N2CCC(Oc3ccc(F)cc3F)CC2)C(C)C)c(=O)[nH]c1C. The van der Waals surface area contributed by atoms with E-state index in [1.807, 2.05) is 0 Å². The number of aromatic amines is 1. The Morgan fingerprint density at radius 3 is 2.48 bits per heavy atom. The molecular weight excluding hydrogens is 434 g/mol. The number of ether oxygens (including phenoxy) is 1. The van der Waals surface area contributed by atoms with Crippen LogP contribution in [0.2, 0.25) is 0 Å². The van der Waals surface area contributed by atoms with Gasteiger partial charge in [-0.15, -0.1) is 0 Å². The molecule has 0 saturated carbocycles. The van der Waals surface area contributed by atoms with Gasteiger partial charge in [0.05, 0.1) is 5.69 Å². The third-order valence-corrected chi connectivity index (χ3v) is 5.71. The smallest absolute Gasteiger partial charge is 0.279 e. The highest BCUT2D eigenvalue weighted by Crippen LogP contribution is 2.23. The van der Waals surface area contributed by atoms with Crippen LogP contribution < -0.4 is 15.6 Å². The van der Waals surface area contributed by atoms with Crippen LogP contribution >= 0.6 is 0 Å². The minimum absolute atomic E-state index is 0.0281. The molecule has 1 saturated heterocycles. The summed E-state index contributed by atoms with van der Waals surface area (Å²) in [6, 6.07) is 2.30. The number of nitrogens with zero attached hydrogens (tertiary/aromatic N) is 2. The summed E-state index contributed by atoms with van der Waals surface area (Å²) in [5, 5.41) is 2.65. The van der Waals surface area contributed by atoms with E-state index in [0.717, 1.165) is 12.1 Å². The molecule has 178 valence electrons. The molecule has 2 amide bonds. The number of H-pyrrole nitrogens is 1. The summed E-state index contributed by atoms with van der Waals surface area (Å²) in [6.07, 6.45) is 0.596. The second-order valence-electron chi connectivity index (χ2n) is 8.54. The van der Waals surface area contributed by atoms with Crippen LogP contribution in [0.1, 0.15) is 48.6 Å². The van der Waals surface area contributed by atoms with E-state index in [1.54, 1.807) is 32.6 Å². The highest BCUT2D eigenvalue weighted by molar-refractivity contribution is 5.96. The Kier molecular flexibility index (Phi) is 7.45. The number of piperidine rings is 1. The van der Waals surface area contributed by atoms with Gasteiger partial charge in [-0.1, -0.05) is 13.8 Å². The Labute approximate surface area is 190 Å². The summed E-state index contributed by atoms with van der Waals surface area (Å²) >= 11 is 0. The zero-order valence-corrected chi connectivity index (χ0v) is 19.1. The van der Waals surface area contributed by atoms with Crippen LogP contribution in [0.4, 0.5) is 8.78 Å². The molecule has 10 heteroatoms. The van der Waals surface area contributed by atoms with Crippen LogP contribution in [0, 0.1) is 31.4 Å². The number of halogens is 2. The fraction of sp³-hybridized carbons (Fsp3) is 0.478. The predicted octanol–water partition coefficient (Wildman–Crippen LogP) is 2.49. The molecule has 1 fully saturated rings. The first-order valence-electron chi connectivity index (χ1n) is 10.9. The minimum Gasteiger partial charge on any atom is -0.487 e. The van der Waals surface area contributed by atoms with Crippen molar-refractivity contribution in [3.63, 3.8) is 0 Å². The van der Waals surface area contributed by atoms with Crippen molar-refractivity contribution in [1.29, 1.82) is 0 Å². The van der Waals surface area contributed by atoms with Gasteiger partial charge in [-0.05, 0) is 31.9 Å². The molecule has 0 aliphatic carbocycles. The first-order valence-corrected chi connectivity index (χ1v) is 10.9. The number of carbonyl (C=O) groups excluding carboxylic acids is 2. The van der Waals surface area contributed by atoms with Crippen LogP contribution in [0.5, 0.6) is 5.75 Å². The van der Waals surface area contributed by atoms with Gasteiger partial charge in [0, 0.05) is 37.7 Å². The molecular formula is C23H28F2N4O4. The molecule has 0 radical (unpaired) electrons. The first kappa shape index (κ1) is 24.3. The monoisotopic (exact) mass is 462 g/mol. The molecule has 3 rings (SSSR count). The van der Waals surface area contributed by atoms with Gasteiger partial charge in [0.1, 0.15) is 18.0 Å². The number of amides is 2. The van der Waals surface area contributed by atoms with E-state index < -0.39 is 29.1 Å². The number of hydrogen-bond donors (Lipinski definition) is 2. The lowest BCUT2D eigenvalue weighted by Gasteiger charge is -2.35. The van der Waals surface area contributed by atoms with Crippen molar-refractivity contribution in [2.24, 2.45) is 5.92 Å². The van der Waals surface area contributed by atoms with Crippen LogP contribution in [-0.2, 0) is 4.79 Å². The minimum atomic E-state index is -0.840. The molecule has 0 spiro atoms. The maximum Gasteiger partial charge on any atom is 0.279 e. The molecule has 2 N–H and O–H groups in total. The molecule has 0 unspecified atom stereocenters. The van der Waals surface area contributed by atoms with Gasteiger partial charge < -0.3 is 19.9 Å². The van der Waals surface area contributed by atoms with Gasteiger partial charge in [-0.25, -0.2) is 13.8 Å². The summed E-state index contributed by atoms with van der Waals surface area (Å²) in [7, 11) is 0. The number of aromatic nitrogens is 2. The quantitative estimate of drug-likeness (QED) is 0.687. The highest BCUT2D eigenvalue weighted by Gasteiger charge is 2.33. The van der Waals surface area contributed by atoms with E-state index in [0.29, 0.717) is 37.3 Å². The van der Waals surface area contributed by atoms with Crippen molar-refractivity contribution < 1.29 is 23.1 Å². The maximum atomic E-state index is 13.8. The predicted molar refractivity (Wildman–Crippen MR) is 117 cm³/mol. The summed E-state index contributed by atoms with van der Waals surface area (Å²) in [5.74, 6) is -2.69. The Balaban J connectivity index is 1.63. The summed E-state index contributed by atoms with van der Waals surface area (Å²) in [4.78, 5) is 46.2. The van der Waals surface area contributed by atoms with E-state index in [1.165, 1.54) is 6.07 Å². The van der Waals surface area contributed by atoms with E-state index >= 15 is 0 Å². The number of likely N-dealkylation sites (tertiary alicyclic amines) is 1. The Morgan fingerprint density at radius 1 is 1.21 bits per heavy atom. The van der Waals surface area contributed by atoms with Crippen LogP contribution in [0.3, 0.4) is 0 Å². The second kappa shape index (κ2) is 10.1.